The molecule has 9 heteroatoms. The number of carbonyl (C=O) groups is 1. The van der Waals surface area contributed by atoms with Crippen LogP contribution >= 0.6 is 11.6 Å². The zero-order valence-electron chi connectivity index (χ0n) is 24.1. The minimum Gasteiger partial charge on any atom is -0.348 e. The van der Waals surface area contributed by atoms with Gasteiger partial charge in [-0.1, -0.05) is 43.2 Å². The predicted octanol–water partition coefficient (Wildman–Crippen LogP) is 8.44. The molecule has 2 aliphatic rings. The number of rotatable bonds is 6. The Morgan fingerprint density at radius 2 is 1.80 bits per heavy atom. The van der Waals surface area contributed by atoms with Crippen LogP contribution in [0.4, 0.5) is 13.2 Å². The lowest BCUT2D eigenvalue weighted by atomic mass is 9.96. The Balaban J connectivity index is 0.00000125. The Labute approximate surface area is 241 Å². The molecule has 0 fully saturated rings. The van der Waals surface area contributed by atoms with E-state index in [4.69, 9.17) is 11.6 Å². The maximum atomic E-state index is 14.0. The number of hydrogen-bond acceptors (Lipinski definition) is 3. The number of nitrogens with zero attached hydrogens (tertiary/aromatic N) is 2. The number of nitrogens with one attached hydrogen (secondary N) is 2. The fraction of sp³-hybridized carbons (Fsp3) is 0.419. The van der Waals surface area contributed by atoms with E-state index in [1.165, 1.54) is 11.6 Å². The quantitative estimate of drug-likeness (QED) is 0.339. The van der Waals surface area contributed by atoms with Gasteiger partial charge in [0.15, 0.2) is 0 Å². The molecule has 0 saturated heterocycles. The highest BCUT2D eigenvalue weighted by atomic mass is 35.5. The van der Waals surface area contributed by atoms with Crippen LogP contribution in [0.1, 0.15) is 71.7 Å². The molecule has 1 aromatic heterocycles. The van der Waals surface area contributed by atoms with Gasteiger partial charge in [-0.15, -0.1) is 12.8 Å². The van der Waals surface area contributed by atoms with Crippen molar-refractivity contribution >= 4 is 28.5 Å². The van der Waals surface area contributed by atoms with E-state index in [-0.39, 0.29) is 17.9 Å². The Morgan fingerprint density at radius 3 is 2.42 bits per heavy atom. The van der Waals surface area contributed by atoms with E-state index in [1.807, 2.05) is 38.8 Å². The van der Waals surface area contributed by atoms with Crippen LogP contribution in [-0.2, 0) is 4.79 Å². The number of fused-ring (bicyclic) bond motifs is 1. The number of alkyl halides is 3. The number of H-pyrrole nitrogens is 1. The lowest BCUT2D eigenvalue weighted by Gasteiger charge is -2.31. The summed E-state index contributed by atoms with van der Waals surface area (Å²) in [5.41, 5.74) is 4.67. The van der Waals surface area contributed by atoms with Gasteiger partial charge >= 0.3 is 0 Å². The lowest BCUT2D eigenvalue weighted by molar-refractivity contribution is -0.118. The summed E-state index contributed by atoms with van der Waals surface area (Å²) in [5, 5.41) is 3.52. The standard InChI is InChI=1S/C26H29ClF2N4O.C2H6.C2H2.CH3F/c1-15-6-4-5-7-22(15)33(3)23-13-9-17(8-11-19(23)24(28)29)26(34)30-16(2)25-31-20-12-10-18(27)14-21(20)32-25;3*1-2/h9-14,16,24H,4-8H2,1-3H3,(H,30,34)(H,31,32);1-2H3;1-2H;1H3. The van der Waals surface area contributed by atoms with Crippen LogP contribution in [0.15, 0.2) is 64.5 Å². The first-order valence-electron chi connectivity index (χ1n) is 13.2. The van der Waals surface area contributed by atoms with Gasteiger partial charge in [0.05, 0.1) is 24.3 Å². The molecule has 40 heavy (non-hydrogen) atoms. The van der Waals surface area contributed by atoms with Gasteiger partial charge in [-0.2, -0.15) is 0 Å². The largest absolute Gasteiger partial charge is 0.348 e. The Hall–Kier alpha value is -3.44. The van der Waals surface area contributed by atoms with Crippen LogP contribution in [0.2, 0.25) is 5.02 Å². The molecule has 0 saturated carbocycles. The van der Waals surface area contributed by atoms with Crippen LogP contribution in [0, 0.1) is 12.8 Å². The fourth-order valence-electron chi connectivity index (χ4n) is 4.55. The predicted molar refractivity (Wildman–Crippen MR) is 160 cm³/mol. The highest BCUT2D eigenvalue weighted by molar-refractivity contribution is 6.31. The van der Waals surface area contributed by atoms with Gasteiger partial charge in [-0.25, -0.2) is 13.8 Å². The monoisotopic (exact) mass is 576 g/mol. The Morgan fingerprint density at radius 1 is 1.15 bits per heavy atom. The molecular formula is C31H40ClF3N4O. The lowest BCUT2D eigenvalue weighted by Crippen LogP contribution is -2.28. The molecule has 2 N–H and O–H groups in total. The zero-order valence-corrected chi connectivity index (χ0v) is 24.9. The van der Waals surface area contributed by atoms with Crippen molar-refractivity contribution in [2.75, 3.05) is 14.2 Å². The molecule has 0 radical (unpaired) electrons. The van der Waals surface area contributed by atoms with E-state index in [0.717, 1.165) is 42.4 Å². The zero-order chi connectivity index (χ0) is 30.4. The third-order valence-electron chi connectivity index (χ3n) is 6.50. The third-order valence-corrected chi connectivity index (χ3v) is 6.74. The molecule has 5 nitrogen and oxygen atoms in total. The van der Waals surface area contributed by atoms with Crippen molar-refractivity contribution in [1.82, 2.24) is 20.2 Å². The van der Waals surface area contributed by atoms with Crippen molar-refractivity contribution < 1.29 is 18.0 Å². The number of carbonyl (C=O) groups excluding carboxylic acids is 1. The Kier molecular flexibility index (Phi) is 15.0. The van der Waals surface area contributed by atoms with E-state index in [0.29, 0.717) is 29.3 Å². The summed E-state index contributed by atoms with van der Waals surface area (Å²) in [6.07, 6.45) is 14.3. The number of allylic oxidation sites excluding steroid dienone is 6. The van der Waals surface area contributed by atoms with Crippen LogP contribution in [0.25, 0.3) is 11.0 Å². The molecule has 218 valence electrons. The summed E-state index contributed by atoms with van der Waals surface area (Å²) in [4.78, 5) is 22.6. The van der Waals surface area contributed by atoms with Crippen LogP contribution in [0.5, 0.6) is 0 Å². The minimum absolute atomic E-state index is 0.0466. The van der Waals surface area contributed by atoms with Gasteiger partial charge < -0.3 is 15.2 Å². The molecule has 1 aromatic carbocycles. The number of hydrogen-bond donors (Lipinski definition) is 2. The highest BCUT2D eigenvalue weighted by Gasteiger charge is 2.25. The maximum absolute atomic E-state index is 14.0. The molecule has 1 heterocycles. The third kappa shape index (κ3) is 8.79. The van der Waals surface area contributed by atoms with E-state index < -0.39 is 12.5 Å². The van der Waals surface area contributed by atoms with E-state index >= 15 is 0 Å². The SMILES string of the molecule is C#C.CC.CC1=C(N(C)C2=CC=C(C(=O)NC(C)c3nc4ccc(Cl)cc4[nH]3)CC=C2C(F)F)CCCC1.CF. The molecule has 1 amide bonds. The number of benzene rings is 1. The number of terminal acetylenes is 1. The Bertz CT molecular complexity index is 1270. The van der Waals surface area contributed by atoms with Crippen molar-refractivity contribution in [3.05, 3.63) is 75.4 Å². The summed E-state index contributed by atoms with van der Waals surface area (Å²) in [7, 11) is 2.33. The number of amides is 1. The second kappa shape index (κ2) is 17.3. The number of aromatic nitrogens is 2. The van der Waals surface area contributed by atoms with E-state index in [1.54, 1.807) is 24.3 Å². The number of halogens is 4. The summed E-state index contributed by atoms with van der Waals surface area (Å²) in [6, 6.07) is 4.94. The molecule has 1 unspecified atom stereocenters. The minimum atomic E-state index is -2.63. The van der Waals surface area contributed by atoms with Gasteiger partial charge in [0.2, 0.25) is 5.91 Å². The number of likely N-dealkylation sites (N-methyl/N-ethyl adjacent to an activating group) is 1. The summed E-state index contributed by atoms with van der Waals surface area (Å²) in [5.74, 6) is 0.281. The molecule has 4 rings (SSSR count). The first-order valence-corrected chi connectivity index (χ1v) is 13.6. The van der Waals surface area contributed by atoms with Crippen LogP contribution in [0.3, 0.4) is 0 Å². The summed E-state index contributed by atoms with van der Waals surface area (Å²) in [6.45, 7) is 7.89. The van der Waals surface area contributed by atoms with Crippen LogP contribution in [-0.4, -0.2) is 41.4 Å². The summed E-state index contributed by atoms with van der Waals surface area (Å²) >= 11 is 6.04. The average molecular weight is 577 g/mol. The smallest absolute Gasteiger partial charge is 0.265 e. The van der Waals surface area contributed by atoms with Crippen LogP contribution < -0.4 is 5.32 Å². The molecule has 2 aromatic rings. The first-order chi connectivity index (χ1) is 19.2. The van der Waals surface area contributed by atoms with Crippen molar-refractivity contribution in [2.45, 2.75) is 72.3 Å². The molecule has 0 aliphatic heterocycles. The second-order valence-corrected chi connectivity index (χ2v) is 9.32. The normalized spacial score (nSPS) is 15.5. The number of imidazole rings is 1. The average Bonchev–Trinajstić information content (AvgIpc) is 3.26. The van der Waals surface area contributed by atoms with Crippen molar-refractivity contribution in [3.8, 4) is 12.8 Å². The van der Waals surface area contributed by atoms with Crippen molar-refractivity contribution in [3.63, 3.8) is 0 Å². The van der Waals surface area contributed by atoms with Gasteiger partial charge in [0, 0.05) is 34.6 Å². The highest BCUT2D eigenvalue weighted by Crippen LogP contribution is 2.33. The number of aromatic amines is 1. The maximum Gasteiger partial charge on any atom is 0.265 e. The molecular weight excluding hydrogens is 537 g/mol. The summed E-state index contributed by atoms with van der Waals surface area (Å²) < 4.78 is 37.4. The van der Waals surface area contributed by atoms with E-state index in [9.17, 15) is 18.0 Å². The van der Waals surface area contributed by atoms with E-state index in [2.05, 4.69) is 35.1 Å². The van der Waals surface area contributed by atoms with Crippen molar-refractivity contribution in [2.24, 2.45) is 0 Å². The molecule has 2 aliphatic carbocycles. The molecule has 1 atom stereocenters. The fourth-order valence-corrected chi connectivity index (χ4v) is 4.72. The van der Waals surface area contributed by atoms with Gasteiger partial charge in [0.1, 0.15) is 5.82 Å². The van der Waals surface area contributed by atoms with Gasteiger partial charge in [-0.3, -0.25) is 9.18 Å². The first kappa shape index (κ1) is 34.6. The molecule has 0 bridgehead atoms. The molecule has 0 spiro atoms. The van der Waals surface area contributed by atoms with Crippen molar-refractivity contribution in [1.29, 1.82) is 0 Å². The van der Waals surface area contributed by atoms with Gasteiger partial charge in [-0.05, 0) is 70.2 Å². The second-order valence-electron chi connectivity index (χ2n) is 8.88. The van der Waals surface area contributed by atoms with Gasteiger partial charge in [0.25, 0.3) is 6.43 Å². The topological polar surface area (TPSA) is 61.0 Å².